The van der Waals surface area contributed by atoms with E-state index in [0.717, 1.165) is 4.90 Å². The first-order chi connectivity index (χ1) is 14.9. The van der Waals surface area contributed by atoms with Crippen LogP contribution in [0, 0.1) is 5.41 Å². The SMILES string of the molecule is CC/C=C(/C(CC)=N\NC[C@@H](C)N)S(=O)(=O)c1cccc(N2C(=O)CC(C)(C)CC2=O)c1. The molecule has 0 saturated carbocycles. The molecule has 32 heavy (non-hydrogen) atoms. The lowest BCUT2D eigenvalue weighted by molar-refractivity contribution is -0.132. The van der Waals surface area contributed by atoms with E-state index in [0.29, 0.717) is 25.1 Å². The molecule has 1 aromatic carbocycles. The molecular formula is C23H34N4O4S. The number of rotatable bonds is 9. The van der Waals surface area contributed by atoms with Gasteiger partial charge in [-0.25, -0.2) is 8.42 Å². The summed E-state index contributed by atoms with van der Waals surface area (Å²) < 4.78 is 27.1. The van der Waals surface area contributed by atoms with Gasteiger partial charge in [-0.15, -0.1) is 0 Å². The summed E-state index contributed by atoms with van der Waals surface area (Å²) >= 11 is 0. The van der Waals surface area contributed by atoms with E-state index in [2.05, 4.69) is 10.5 Å². The van der Waals surface area contributed by atoms with Crippen LogP contribution in [0.4, 0.5) is 5.69 Å². The van der Waals surface area contributed by atoms with Crippen molar-refractivity contribution in [3.63, 3.8) is 0 Å². The van der Waals surface area contributed by atoms with Crippen molar-refractivity contribution in [2.75, 3.05) is 11.4 Å². The predicted molar refractivity (Wildman–Crippen MR) is 127 cm³/mol. The average Bonchev–Trinajstić information content (AvgIpc) is 2.68. The normalized spacial score (nSPS) is 18.6. The molecule has 1 atom stereocenters. The third-order valence-electron chi connectivity index (χ3n) is 5.07. The molecule has 1 aromatic rings. The number of carbonyl (C=O) groups is 2. The predicted octanol–water partition coefficient (Wildman–Crippen LogP) is 3.14. The van der Waals surface area contributed by atoms with Crippen molar-refractivity contribution in [2.24, 2.45) is 16.3 Å². The lowest BCUT2D eigenvalue weighted by Crippen LogP contribution is -2.46. The maximum atomic E-state index is 13.5. The van der Waals surface area contributed by atoms with Gasteiger partial charge >= 0.3 is 0 Å². The van der Waals surface area contributed by atoms with E-state index >= 15 is 0 Å². The summed E-state index contributed by atoms with van der Waals surface area (Å²) in [6.45, 7) is 9.65. The van der Waals surface area contributed by atoms with Crippen LogP contribution in [0.5, 0.6) is 0 Å². The summed E-state index contributed by atoms with van der Waals surface area (Å²) in [6, 6.07) is 5.84. The van der Waals surface area contributed by atoms with Crippen molar-refractivity contribution < 1.29 is 18.0 Å². The minimum atomic E-state index is -3.93. The summed E-state index contributed by atoms with van der Waals surface area (Å²) in [6.07, 6.45) is 2.95. The van der Waals surface area contributed by atoms with Crippen LogP contribution in [0.3, 0.4) is 0 Å². The second kappa shape index (κ2) is 10.4. The Kier molecular flexibility index (Phi) is 8.36. The molecule has 0 aliphatic carbocycles. The Morgan fingerprint density at radius 2 is 1.88 bits per heavy atom. The maximum absolute atomic E-state index is 13.5. The van der Waals surface area contributed by atoms with Gasteiger partial charge in [-0.3, -0.25) is 14.5 Å². The molecule has 2 rings (SSSR count). The highest BCUT2D eigenvalue weighted by molar-refractivity contribution is 7.96. The van der Waals surface area contributed by atoms with E-state index in [9.17, 15) is 18.0 Å². The van der Waals surface area contributed by atoms with E-state index in [1.807, 2.05) is 34.6 Å². The summed E-state index contributed by atoms with van der Waals surface area (Å²) in [5.41, 5.74) is 8.82. The number of nitrogens with zero attached hydrogens (tertiary/aromatic N) is 2. The fraction of sp³-hybridized carbons (Fsp3) is 0.522. The molecule has 2 amide bonds. The van der Waals surface area contributed by atoms with E-state index in [1.54, 1.807) is 18.2 Å². The first-order valence-corrected chi connectivity index (χ1v) is 12.4. The first kappa shape index (κ1) is 25.7. The number of hydrogen-bond acceptors (Lipinski definition) is 7. The van der Waals surface area contributed by atoms with E-state index < -0.39 is 15.3 Å². The molecule has 1 aliphatic rings. The largest absolute Gasteiger partial charge is 0.326 e. The van der Waals surface area contributed by atoms with Crippen LogP contribution in [0.1, 0.15) is 60.3 Å². The second-order valence-electron chi connectivity index (χ2n) is 8.87. The number of hydrazone groups is 1. The molecule has 1 fully saturated rings. The quantitative estimate of drug-likeness (QED) is 0.330. The number of imide groups is 1. The third-order valence-corrected chi connectivity index (χ3v) is 6.93. The van der Waals surface area contributed by atoms with Gasteiger partial charge in [0.25, 0.3) is 0 Å². The Labute approximate surface area is 190 Å². The lowest BCUT2D eigenvalue weighted by Gasteiger charge is -2.34. The summed E-state index contributed by atoms with van der Waals surface area (Å²) in [7, 11) is -3.93. The molecule has 9 heteroatoms. The van der Waals surface area contributed by atoms with Gasteiger partial charge in [0.15, 0.2) is 0 Å². The number of anilines is 1. The zero-order chi connectivity index (χ0) is 24.1. The number of nitrogens with two attached hydrogens (primary N) is 1. The molecule has 176 valence electrons. The second-order valence-corrected chi connectivity index (χ2v) is 10.8. The van der Waals surface area contributed by atoms with Gasteiger partial charge in [0, 0.05) is 25.4 Å². The Hall–Kier alpha value is -2.52. The van der Waals surface area contributed by atoms with Gasteiger partial charge in [0.2, 0.25) is 21.7 Å². The number of piperidine rings is 1. The van der Waals surface area contributed by atoms with Crippen molar-refractivity contribution in [1.82, 2.24) is 5.43 Å². The van der Waals surface area contributed by atoms with Crippen LogP contribution in [0.25, 0.3) is 0 Å². The Morgan fingerprint density at radius 3 is 2.41 bits per heavy atom. The van der Waals surface area contributed by atoms with Crippen molar-refractivity contribution in [2.45, 2.75) is 71.2 Å². The zero-order valence-corrected chi connectivity index (χ0v) is 20.3. The minimum Gasteiger partial charge on any atom is -0.326 e. The molecule has 0 spiro atoms. The Bertz CT molecular complexity index is 1010. The van der Waals surface area contributed by atoms with Crippen LogP contribution in [0.2, 0.25) is 0 Å². The topological polar surface area (TPSA) is 122 Å². The number of allylic oxidation sites excluding steroid dienone is 2. The molecule has 1 heterocycles. The van der Waals surface area contributed by atoms with Gasteiger partial charge in [-0.05, 0) is 43.4 Å². The molecule has 0 unspecified atom stereocenters. The van der Waals surface area contributed by atoms with Crippen LogP contribution < -0.4 is 16.1 Å². The monoisotopic (exact) mass is 462 g/mol. The first-order valence-electron chi connectivity index (χ1n) is 10.9. The number of amides is 2. The van der Waals surface area contributed by atoms with Gasteiger partial charge in [-0.1, -0.05) is 39.8 Å². The smallest absolute Gasteiger partial charge is 0.234 e. The standard InChI is InChI=1S/C23H34N4O4S/c1-6-9-20(19(7-2)26-25-15-16(3)24)32(30,31)18-11-8-10-17(12-18)27-21(28)13-23(4,5)14-22(27)29/h8-12,16,25H,6-7,13-15,24H2,1-5H3/b20-9-,26-19-/t16-/m1/s1. The fourth-order valence-corrected chi connectivity index (χ4v) is 5.22. The molecular weight excluding hydrogens is 428 g/mol. The van der Waals surface area contributed by atoms with Gasteiger partial charge < -0.3 is 11.2 Å². The van der Waals surface area contributed by atoms with Crippen LogP contribution in [0.15, 0.2) is 45.2 Å². The molecule has 1 saturated heterocycles. The number of sulfone groups is 1. The molecule has 3 N–H and O–H groups in total. The number of carbonyl (C=O) groups excluding carboxylic acids is 2. The molecule has 8 nitrogen and oxygen atoms in total. The number of benzene rings is 1. The fourth-order valence-electron chi connectivity index (χ4n) is 3.54. The highest BCUT2D eigenvalue weighted by Crippen LogP contribution is 2.35. The van der Waals surface area contributed by atoms with Crippen molar-refractivity contribution in [3.05, 3.63) is 35.2 Å². The minimum absolute atomic E-state index is 0.00785. The van der Waals surface area contributed by atoms with E-state index in [4.69, 9.17) is 5.73 Å². The van der Waals surface area contributed by atoms with Crippen molar-refractivity contribution in [3.8, 4) is 0 Å². The zero-order valence-electron chi connectivity index (χ0n) is 19.5. The van der Waals surface area contributed by atoms with Crippen molar-refractivity contribution in [1.29, 1.82) is 0 Å². The molecule has 0 bridgehead atoms. The van der Waals surface area contributed by atoms with Crippen LogP contribution in [-0.4, -0.2) is 38.5 Å². The summed E-state index contributed by atoms with van der Waals surface area (Å²) in [5.74, 6) is -0.665. The number of hydrogen-bond donors (Lipinski definition) is 2. The third kappa shape index (κ3) is 6.04. The van der Waals surface area contributed by atoms with E-state index in [-0.39, 0.29) is 46.2 Å². The van der Waals surface area contributed by atoms with Gasteiger partial charge in [0.05, 0.1) is 21.2 Å². The van der Waals surface area contributed by atoms with Crippen molar-refractivity contribution >= 4 is 33.1 Å². The van der Waals surface area contributed by atoms with Crippen LogP contribution in [-0.2, 0) is 19.4 Å². The average molecular weight is 463 g/mol. The van der Waals surface area contributed by atoms with Gasteiger partial charge in [0.1, 0.15) is 0 Å². The Morgan fingerprint density at radius 1 is 1.25 bits per heavy atom. The van der Waals surface area contributed by atoms with Crippen LogP contribution >= 0.6 is 0 Å². The summed E-state index contributed by atoms with van der Waals surface area (Å²) in [5, 5.41) is 4.27. The molecule has 0 radical (unpaired) electrons. The highest BCUT2D eigenvalue weighted by atomic mass is 32.2. The highest BCUT2D eigenvalue weighted by Gasteiger charge is 2.38. The molecule has 1 aliphatic heterocycles. The number of nitrogens with one attached hydrogen (secondary N) is 1. The van der Waals surface area contributed by atoms with Gasteiger partial charge in [-0.2, -0.15) is 5.10 Å². The summed E-state index contributed by atoms with van der Waals surface area (Å²) in [4.78, 5) is 26.5. The van der Waals surface area contributed by atoms with E-state index in [1.165, 1.54) is 12.1 Å². The molecule has 0 aromatic heterocycles. The Balaban J connectivity index is 2.46. The maximum Gasteiger partial charge on any atom is 0.234 e. The lowest BCUT2D eigenvalue weighted by atomic mass is 9.81.